The average Bonchev–Trinajstić information content (AvgIpc) is 0.753. The fraction of sp³-hybridized carbons (Fsp3) is 0.290. The van der Waals surface area contributed by atoms with Crippen LogP contribution in [0.4, 0.5) is 87.4 Å². The van der Waals surface area contributed by atoms with Crippen molar-refractivity contribution in [2.45, 2.75) is 84.3 Å². The van der Waals surface area contributed by atoms with E-state index >= 15 is 0 Å². The third-order valence-corrected chi connectivity index (χ3v) is 25.5. The molecule has 24 nitrogen and oxygen atoms in total. The number of fused-ring (bicyclic) bond motifs is 4. The normalized spacial score (nSPS) is 15.5. The van der Waals surface area contributed by atoms with E-state index in [2.05, 4.69) is 6.92 Å². The van der Waals surface area contributed by atoms with E-state index in [0.29, 0.717) is 79.2 Å². The summed E-state index contributed by atoms with van der Waals surface area (Å²) in [4.78, 5) is 78.2. The van der Waals surface area contributed by atoms with E-state index in [1.165, 1.54) is 0 Å². The molecule has 8 amide bonds. The Bertz CT molecular complexity index is 6160. The van der Waals surface area contributed by atoms with E-state index in [0.717, 1.165) is 119 Å². The van der Waals surface area contributed by atoms with Crippen LogP contribution in [0, 0.1) is 0 Å². The Morgan fingerprint density at radius 2 is 0.526 bits per heavy atom. The maximum atomic E-state index is 14.1. The second-order valence-corrected chi connectivity index (χ2v) is 35.5. The molecule has 12 aromatic rings. The van der Waals surface area contributed by atoms with E-state index in [9.17, 15) is 19.2 Å². The Morgan fingerprint density at radius 3 is 0.785 bits per heavy atom. The lowest BCUT2D eigenvalue weighted by atomic mass is 9.91. The van der Waals surface area contributed by atoms with Gasteiger partial charge in [-0.2, -0.15) is 0 Å². The third kappa shape index (κ3) is 20.6. The number of methoxy groups -OCH3 is 7. The van der Waals surface area contributed by atoms with Crippen molar-refractivity contribution in [2.75, 3.05) is 185 Å². The van der Waals surface area contributed by atoms with Gasteiger partial charge in [0.1, 0.15) is 0 Å². The second-order valence-electron chi connectivity index (χ2n) is 33.8. The van der Waals surface area contributed by atoms with Crippen molar-refractivity contribution in [3.05, 3.63) is 307 Å². The predicted octanol–water partition coefficient (Wildman–Crippen LogP) is 25.1. The predicted molar refractivity (Wildman–Crippen MR) is 552 cm³/mol. The Kier molecular flexibility index (Phi) is 31.7. The van der Waals surface area contributed by atoms with Crippen molar-refractivity contribution < 1.29 is 57.1 Å². The molecular weight excluding hydrogens is 1790 g/mol. The zero-order valence-corrected chi connectivity index (χ0v) is 83.5. The monoisotopic (exact) mass is 1900 g/mol. The number of urea groups is 4. The fourth-order valence-corrected chi connectivity index (χ4v) is 17.8. The Labute approximate surface area is 813 Å². The molecular formula is C107H118Cl4N12O12. The minimum absolute atomic E-state index is 0.0214. The first-order valence-electron chi connectivity index (χ1n) is 44.5. The molecule has 12 aromatic carbocycles. The summed E-state index contributed by atoms with van der Waals surface area (Å²) in [5.41, 5.74) is 18.3. The van der Waals surface area contributed by atoms with Gasteiger partial charge in [-0.3, -0.25) is 39.2 Å². The lowest BCUT2D eigenvalue weighted by molar-refractivity contribution is 0.207. The molecule has 0 spiro atoms. The van der Waals surface area contributed by atoms with Crippen molar-refractivity contribution >= 4 is 139 Å². The number of nitrogens with zero attached hydrogens (tertiary/aromatic N) is 12. The number of benzene rings is 12. The molecule has 0 bridgehead atoms. The number of ether oxygens (including phenoxy) is 8. The van der Waals surface area contributed by atoms with Gasteiger partial charge in [0.2, 0.25) is 0 Å². The summed E-state index contributed by atoms with van der Waals surface area (Å²) in [5, 5.41) is 2.57. The smallest absolute Gasteiger partial charge is 0.330 e. The maximum absolute atomic E-state index is 14.1. The zero-order valence-electron chi connectivity index (χ0n) is 80.5. The SMILES string of the molecule is CCN1C(=O)N(c2ccc(N(C)C)cc2)C(c2ccc(Cl)cc2)c2cc(OC)c(OC)cc21.CC[C@@H](C)Oc1cc2c(cc1OC)N(CC)C(=O)N(c1ccc(N(C)C)cc1)C2c1ccc(Cl)cc1.COc1cc2c(cc1OC)N(C(C)C)C(=O)N(c1ccc(N(C)C)cc1)C2c1ccc(Cl)cc1.COc1cc2c(cc1OC)N(C)C(=O)N(c1ccc(N(C)C)cc1)C2c1ccc(Cl)cc1. The topological polar surface area (TPSA) is 181 Å². The second kappa shape index (κ2) is 43.2. The van der Waals surface area contributed by atoms with Crippen LogP contribution in [0.3, 0.4) is 0 Å². The van der Waals surface area contributed by atoms with Gasteiger partial charge in [-0.15, -0.1) is 0 Å². The highest BCUT2D eigenvalue weighted by atomic mass is 35.5. The van der Waals surface area contributed by atoms with Crippen LogP contribution in [0.25, 0.3) is 0 Å². The number of anilines is 12. The highest BCUT2D eigenvalue weighted by molar-refractivity contribution is 6.31. The molecule has 5 atom stereocenters. The van der Waals surface area contributed by atoms with Crippen LogP contribution < -0.4 is 96.7 Å². The first kappa shape index (κ1) is 99.0. The summed E-state index contributed by atoms with van der Waals surface area (Å²) in [5.74, 6) is 4.85. The number of hydrogen-bond donors (Lipinski definition) is 0. The number of carbonyl (C=O) groups excluding carboxylic acids is 4. The summed E-state index contributed by atoms with van der Waals surface area (Å²) in [6.07, 6.45) is 0.887. The van der Waals surface area contributed by atoms with E-state index in [-0.39, 0.29) is 60.4 Å². The van der Waals surface area contributed by atoms with Crippen LogP contribution in [-0.4, -0.2) is 163 Å². The summed E-state index contributed by atoms with van der Waals surface area (Å²) in [6.45, 7) is 13.1. The zero-order chi connectivity index (χ0) is 97.2. The van der Waals surface area contributed by atoms with Gasteiger partial charge < -0.3 is 57.5 Å². The number of rotatable bonds is 25. The Morgan fingerprint density at radius 1 is 0.296 bits per heavy atom. The Hall–Kier alpha value is -13.5. The average molecular weight is 1910 g/mol. The van der Waals surface area contributed by atoms with E-state index in [4.69, 9.17) is 84.3 Å². The molecule has 0 saturated carbocycles. The van der Waals surface area contributed by atoms with Crippen LogP contribution in [0.15, 0.2) is 243 Å². The van der Waals surface area contributed by atoms with Crippen LogP contribution >= 0.6 is 46.4 Å². The van der Waals surface area contributed by atoms with E-state index < -0.39 is 0 Å². The first-order valence-corrected chi connectivity index (χ1v) is 46.0. The quantitative estimate of drug-likeness (QED) is 0.0526. The minimum atomic E-state index is -0.375. The highest BCUT2D eigenvalue weighted by Crippen LogP contribution is 2.54. The molecule has 4 unspecified atom stereocenters. The van der Waals surface area contributed by atoms with Crippen LogP contribution in [0.1, 0.15) is 117 Å². The van der Waals surface area contributed by atoms with Gasteiger partial charge in [-0.25, -0.2) is 19.2 Å². The van der Waals surface area contributed by atoms with Gasteiger partial charge in [0.05, 0.1) is 103 Å². The van der Waals surface area contributed by atoms with Gasteiger partial charge in [-0.05, 0) is 233 Å². The number of carbonyl (C=O) groups is 4. The van der Waals surface area contributed by atoms with Crippen molar-refractivity contribution in [3.8, 4) is 46.0 Å². The van der Waals surface area contributed by atoms with Crippen LogP contribution in [-0.2, 0) is 0 Å². The lowest BCUT2D eigenvalue weighted by Crippen LogP contribution is -2.52. The molecule has 135 heavy (non-hydrogen) atoms. The van der Waals surface area contributed by atoms with Gasteiger partial charge >= 0.3 is 24.1 Å². The van der Waals surface area contributed by atoms with Gasteiger partial charge in [-0.1, -0.05) is 102 Å². The molecule has 706 valence electrons. The van der Waals surface area contributed by atoms with E-state index in [1.54, 1.807) is 76.4 Å². The molecule has 4 aliphatic rings. The third-order valence-electron chi connectivity index (χ3n) is 24.5. The molecule has 0 saturated heterocycles. The van der Waals surface area contributed by atoms with Gasteiger partial charge in [0, 0.05) is 195 Å². The number of halogens is 4. The Balaban J connectivity index is 0.000000153. The molecule has 0 fully saturated rings. The summed E-state index contributed by atoms with van der Waals surface area (Å²) in [7, 11) is 29.0. The minimum Gasteiger partial charge on any atom is -0.493 e. The molecule has 0 aliphatic carbocycles. The van der Waals surface area contributed by atoms with Gasteiger partial charge in [0.15, 0.2) is 46.0 Å². The largest absolute Gasteiger partial charge is 0.493 e. The lowest BCUT2D eigenvalue weighted by Gasteiger charge is -2.44. The summed E-state index contributed by atoms with van der Waals surface area (Å²) >= 11 is 24.8. The highest BCUT2D eigenvalue weighted by Gasteiger charge is 2.46. The fourth-order valence-electron chi connectivity index (χ4n) is 17.2. The molecule has 0 aromatic heterocycles. The van der Waals surface area contributed by atoms with Crippen LogP contribution in [0.2, 0.25) is 20.1 Å². The van der Waals surface area contributed by atoms with Crippen molar-refractivity contribution in [3.63, 3.8) is 0 Å². The summed E-state index contributed by atoms with van der Waals surface area (Å²) < 4.78 is 45.4. The number of amides is 8. The molecule has 16 rings (SSSR count). The van der Waals surface area contributed by atoms with Crippen molar-refractivity contribution in [2.24, 2.45) is 0 Å². The van der Waals surface area contributed by atoms with Gasteiger partial charge in [0.25, 0.3) is 0 Å². The van der Waals surface area contributed by atoms with Crippen molar-refractivity contribution in [1.82, 2.24) is 0 Å². The first-order chi connectivity index (χ1) is 64.8. The standard InChI is InChI=1S/C29H34ClN3O3.C27H30ClN3O3.C26H28ClN3O3.C25H26ClN3O3/c1-7-19(3)36-27-17-24-25(18-26(27)35-6)32(8-2)29(34)33(23-15-13-22(14-16-23)31(4)5)28(24)20-9-11-21(30)12-10-20;1-17(2)30-23-16-25(34-6)24(33-5)15-22(23)26(18-7-9-19(28)10-8-18)31(27(30)32)21-13-11-20(12-14-21)29(3)4;1-6-29-22-16-24(33-5)23(32-4)15-21(22)25(17-7-9-18(27)10-8-17)30(26(29)31)20-13-11-19(12-14-20)28(2)3;1-27(2)18-10-12-19(13-11-18)29-24(16-6-8-17(26)9-7-16)20-14-22(31-4)23(32-5)15-21(20)28(3)25(29)30/h9-19,28H,7-8H2,1-6H3;7-17,26H,1-6H3;7-16,25H,6H2,1-5H3;6-15,24H,1-5H3/t19-,28?;;;/m1.../s1. The molecule has 0 radical (unpaired) electrons. The molecule has 28 heteroatoms. The molecule has 0 N–H and O–H groups in total. The molecule has 4 heterocycles. The maximum Gasteiger partial charge on any atom is 0.330 e. The number of hydrogen-bond acceptors (Lipinski definition) is 16. The van der Waals surface area contributed by atoms with Crippen molar-refractivity contribution in [1.29, 1.82) is 0 Å². The summed E-state index contributed by atoms with van der Waals surface area (Å²) in [6, 6.07) is 76.0. The van der Waals surface area contributed by atoms with E-state index in [1.807, 2.05) is 373 Å². The van der Waals surface area contributed by atoms with Crippen LogP contribution in [0.5, 0.6) is 46.0 Å². The molecule has 4 aliphatic heterocycles.